The van der Waals surface area contributed by atoms with E-state index >= 15 is 0 Å². The summed E-state index contributed by atoms with van der Waals surface area (Å²) in [6.45, 7) is 10.7. The van der Waals surface area contributed by atoms with Crippen LogP contribution in [0.3, 0.4) is 0 Å². The second-order valence-electron chi connectivity index (χ2n) is 9.58. The van der Waals surface area contributed by atoms with Crippen molar-refractivity contribution < 1.29 is 9.59 Å². The van der Waals surface area contributed by atoms with Gasteiger partial charge in [0.1, 0.15) is 12.1 Å². The van der Waals surface area contributed by atoms with E-state index in [-0.39, 0.29) is 23.9 Å². The van der Waals surface area contributed by atoms with E-state index in [1.807, 2.05) is 16.2 Å². The third-order valence-electron chi connectivity index (χ3n) is 6.75. The van der Waals surface area contributed by atoms with Gasteiger partial charge in [0.15, 0.2) is 0 Å². The maximum atomic E-state index is 13.0. The van der Waals surface area contributed by atoms with Crippen LogP contribution in [0.2, 0.25) is 0 Å². The molecule has 166 valence electrons. The van der Waals surface area contributed by atoms with Crippen LogP contribution in [0.1, 0.15) is 49.3 Å². The Balaban J connectivity index is 1.35. The van der Waals surface area contributed by atoms with Gasteiger partial charge in [0.25, 0.3) is 0 Å². The van der Waals surface area contributed by atoms with Crippen LogP contribution in [0.25, 0.3) is 0 Å². The summed E-state index contributed by atoms with van der Waals surface area (Å²) in [6.07, 6.45) is 4.75. The molecule has 3 aliphatic rings. The maximum Gasteiger partial charge on any atom is 0.247 e. The first-order valence-electron chi connectivity index (χ1n) is 11.5. The Morgan fingerprint density at radius 1 is 0.933 bits per heavy atom. The molecule has 0 radical (unpaired) electrons. The molecular formula is C23H36N4O2S. The number of amides is 2. The molecule has 30 heavy (non-hydrogen) atoms. The zero-order valence-corrected chi connectivity index (χ0v) is 19.5. The van der Waals surface area contributed by atoms with Crippen LogP contribution >= 0.6 is 11.3 Å². The van der Waals surface area contributed by atoms with Gasteiger partial charge in [-0.3, -0.25) is 19.4 Å². The number of carbonyl (C=O) groups is 2. The monoisotopic (exact) mass is 432 g/mol. The molecule has 0 spiro atoms. The van der Waals surface area contributed by atoms with Crippen molar-refractivity contribution in [1.29, 1.82) is 0 Å². The van der Waals surface area contributed by atoms with E-state index in [0.717, 1.165) is 26.1 Å². The van der Waals surface area contributed by atoms with Gasteiger partial charge in [0.05, 0.1) is 0 Å². The van der Waals surface area contributed by atoms with Gasteiger partial charge in [-0.1, -0.05) is 20.3 Å². The van der Waals surface area contributed by atoms with Gasteiger partial charge in [-0.05, 0) is 50.4 Å². The molecule has 0 N–H and O–H groups in total. The zero-order chi connectivity index (χ0) is 21.3. The van der Waals surface area contributed by atoms with Crippen LogP contribution in [0.4, 0.5) is 0 Å². The lowest BCUT2D eigenvalue weighted by Gasteiger charge is -2.48. The highest BCUT2D eigenvalue weighted by Gasteiger charge is 2.46. The molecule has 6 nitrogen and oxygen atoms in total. The molecule has 0 unspecified atom stereocenters. The summed E-state index contributed by atoms with van der Waals surface area (Å²) in [5.41, 5.74) is 0. The SMILES string of the molecule is CC(C)C[C@H]1C(=O)N2CCN(Cc3ccc(CN4CCCCC4)s3)C[C@@H]2C(=O)N1C. The summed E-state index contributed by atoms with van der Waals surface area (Å²) in [6, 6.07) is 3.89. The Morgan fingerprint density at radius 2 is 1.60 bits per heavy atom. The molecule has 1 aromatic rings. The minimum absolute atomic E-state index is 0.0990. The number of likely N-dealkylation sites (tertiary alicyclic amines) is 1. The predicted octanol–water partition coefficient (Wildman–Crippen LogP) is 2.63. The maximum absolute atomic E-state index is 13.0. The number of carbonyl (C=O) groups excluding carboxylic acids is 2. The van der Waals surface area contributed by atoms with E-state index in [9.17, 15) is 9.59 Å². The number of hydrogen-bond acceptors (Lipinski definition) is 5. The molecule has 0 saturated carbocycles. The highest BCUT2D eigenvalue weighted by Crippen LogP contribution is 2.27. The molecule has 0 aliphatic carbocycles. The standard InChI is InChI=1S/C23H36N4O2S/c1-17(2)13-20-23(29)27-12-11-26(16-21(27)22(28)24(20)3)15-19-8-7-18(30-19)14-25-9-5-4-6-10-25/h7-8,17,20-21H,4-6,9-16H2,1-3H3/t20-,21+/m0/s1. The Labute approximate surface area is 184 Å². The summed E-state index contributed by atoms with van der Waals surface area (Å²) in [4.78, 5) is 37.3. The van der Waals surface area contributed by atoms with E-state index in [1.165, 1.54) is 42.1 Å². The van der Waals surface area contributed by atoms with Crippen molar-refractivity contribution in [2.24, 2.45) is 5.92 Å². The molecule has 7 heteroatoms. The average molecular weight is 433 g/mol. The minimum atomic E-state index is -0.326. The fraction of sp³-hybridized carbons (Fsp3) is 0.739. The first-order chi connectivity index (χ1) is 14.4. The number of fused-ring (bicyclic) bond motifs is 1. The van der Waals surface area contributed by atoms with Crippen LogP contribution in [-0.2, 0) is 22.7 Å². The van der Waals surface area contributed by atoms with E-state index < -0.39 is 0 Å². The largest absolute Gasteiger partial charge is 0.332 e. The van der Waals surface area contributed by atoms with Crippen LogP contribution in [-0.4, -0.2) is 83.3 Å². The quantitative estimate of drug-likeness (QED) is 0.693. The van der Waals surface area contributed by atoms with Crippen LogP contribution in [0, 0.1) is 5.92 Å². The molecule has 4 heterocycles. The van der Waals surface area contributed by atoms with E-state index in [1.54, 1.807) is 11.9 Å². The van der Waals surface area contributed by atoms with Crippen molar-refractivity contribution in [2.75, 3.05) is 39.8 Å². The Hall–Kier alpha value is -1.44. The number of thiophene rings is 1. The number of likely N-dealkylation sites (N-methyl/N-ethyl adjacent to an activating group) is 1. The van der Waals surface area contributed by atoms with Gasteiger partial charge in [-0.2, -0.15) is 0 Å². The smallest absolute Gasteiger partial charge is 0.247 e. The molecule has 1 aromatic heterocycles. The van der Waals surface area contributed by atoms with E-state index in [2.05, 4.69) is 35.8 Å². The highest BCUT2D eigenvalue weighted by atomic mass is 32.1. The molecule has 3 saturated heterocycles. The van der Waals surface area contributed by atoms with Gasteiger partial charge in [-0.15, -0.1) is 11.3 Å². The molecule has 0 aromatic carbocycles. The van der Waals surface area contributed by atoms with Crippen molar-refractivity contribution in [1.82, 2.24) is 19.6 Å². The van der Waals surface area contributed by atoms with Crippen LogP contribution < -0.4 is 0 Å². The molecule has 2 amide bonds. The predicted molar refractivity (Wildman–Crippen MR) is 120 cm³/mol. The van der Waals surface area contributed by atoms with Gasteiger partial charge in [-0.25, -0.2) is 0 Å². The zero-order valence-electron chi connectivity index (χ0n) is 18.7. The third kappa shape index (κ3) is 4.73. The van der Waals surface area contributed by atoms with Gasteiger partial charge in [0, 0.05) is 49.5 Å². The molecule has 4 rings (SSSR count). The lowest BCUT2D eigenvalue weighted by atomic mass is 9.95. The second-order valence-corrected chi connectivity index (χ2v) is 10.8. The Kier molecular flexibility index (Phi) is 6.80. The van der Waals surface area contributed by atoms with Crippen LogP contribution in [0.5, 0.6) is 0 Å². The highest BCUT2D eigenvalue weighted by molar-refractivity contribution is 7.11. The van der Waals surface area contributed by atoms with Gasteiger partial charge in [0.2, 0.25) is 11.8 Å². The summed E-state index contributed by atoms with van der Waals surface area (Å²) in [7, 11) is 1.80. The van der Waals surface area contributed by atoms with Crippen molar-refractivity contribution in [3.8, 4) is 0 Å². The lowest BCUT2D eigenvalue weighted by Crippen LogP contribution is -2.69. The normalized spacial score (nSPS) is 26.5. The minimum Gasteiger partial charge on any atom is -0.332 e. The number of hydrogen-bond donors (Lipinski definition) is 0. The fourth-order valence-corrected chi connectivity index (χ4v) is 6.16. The third-order valence-corrected chi connectivity index (χ3v) is 7.81. The van der Waals surface area contributed by atoms with Crippen molar-refractivity contribution in [3.05, 3.63) is 21.9 Å². The second kappa shape index (κ2) is 9.37. The molecule has 0 bridgehead atoms. The summed E-state index contributed by atoms with van der Waals surface area (Å²) < 4.78 is 0. The van der Waals surface area contributed by atoms with Gasteiger partial charge < -0.3 is 9.80 Å². The number of piperidine rings is 1. The Bertz CT molecular complexity index is 758. The van der Waals surface area contributed by atoms with Gasteiger partial charge >= 0.3 is 0 Å². The molecule has 3 aliphatic heterocycles. The topological polar surface area (TPSA) is 47.1 Å². The van der Waals surface area contributed by atoms with Crippen LogP contribution in [0.15, 0.2) is 12.1 Å². The first-order valence-corrected chi connectivity index (χ1v) is 12.3. The number of nitrogens with zero attached hydrogens (tertiary/aromatic N) is 4. The molecular weight excluding hydrogens is 396 g/mol. The average Bonchev–Trinajstić information content (AvgIpc) is 3.16. The first kappa shape index (κ1) is 21.8. The molecule has 3 fully saturated rings. The number of piperazine rings is 2. The summed E-state index contributed by atoms with van der Waals surface area (Å²) >= 11 is 1.90. The fourth-order valence-electron chi connectivity index (χ4n) is 5.06. The summed E-state index contributed by atoms with van der Waals surface area (Å²) in [5.74, 6) is 0.627. The lowest BCUT2D eigenvalue weighted by molar-refractivity contribution is -0.164. The van der Waals surface area contributed by atoms with Crippen molar-refractivity contribution >= 4 is 23.2 Å². The Morgan fingerprint density at radius 3 is 2.27 bits per heavy atom. The van der Waals surface area contributed by atoms with E-state index in [0.29, 0.717) is 19.0 Å². The van der Waals surface area contributed by atoms with Crippen molar-refractivity contribution in [2.45, 2.75) is 64.7 Å². The summed E-state index contributed by atoms with van der Waals surface area (Å²) in [5, 5.41) is 0. The number of rotatable bonds is 6. The van der Waals surface area contributed by atoms with Crippen molar-refractivity contribution in [3.63, 3.8) is 0 Å². The van der Waals surface area contributed by atoms with E-state index in [4.69, 9.17) is 0 Å². The molecule has 2 atom stereocenters.